The minimum atomic E-state index is -0.499. The highest BCUT2D eigenvalue weighted by Crippen LogP contribution is 2.17. The van der Waals surface area contributed by atoms with Gasteiger partial charge in [0.05, 0.1) is 5.56 Å². The zero-order valence-electron chi connectivity index (χ0n) is 7.76. The molecule has 0 fully saturated rings. The molecular weight excluding hydrogens is 192 g/mol. The third-order valence-electron chi connectivity index (χ3n) is 1.20. The van der Waals surface area contributed by atoms with Gasteiger partial charge in [0.1, 0.15) is 11.9 Å². The van der Waals surface area contributed by atoms with Crippen molar-refractivity contribution in [1.29, 1.82) is 0 Å². The van der Waals surface area contributed by atoms with Crippen molar-refractivity contribution in [3.63, 3.8) is 0 Å². The Hall–Kier alpha value is -0.960. The molecule has 0 spiro atoms. The van der Waals surface area contributed by atoms with Crippen molar-refractivity contribution in [3.8, 4) is 0 Å². The molecule has 72 valence electrons. The first kappa shape index (κ1) is 10.1. The van der Waals surface area contributed by atoms with E-state index in [1.54, 1.807) is 20.8 Å². The Morgan fingerprint density at radius 2 is 2.15 bits per heavy atom. The van der Waals surface area contributed by atoms with Crippen LogP contribution in [-0.2, 0) is 4.74 Å². The first-order valence-corrected chi connectivity index (χ1v) is 4.24. The van der Waals surface area contributed by atoms with Crippen LogP contribution in [0.25, 0.3) is 0 Å². The smallest absolute Gasteiger partial charge is 0.341 e. The maximum absolute atomic E-state index is 11.3. The molecule has 0 N–H and O–H groups in total. The lowest BCUT2D eigenvalue weighted by Crippen LogP contribution is -2.23. The summed E-state index contributed by atoms with van der Waals surface area (Å²) in [5, 5.41) is 0.181. The van der Waals surface area contributed by atoms with Gasteiger partial charge in [-0.05, 0) is 32.4 Å². The predicted molar refractivity (Wildman–Crippen MR) is 48.9 cm³/mol. The highest BCUT2D eigenvalue weighted by Gasteiger charge is 2.19. The van der Waals surface area contributed by atoms with Gasteiger partial charge >= 0.3 is 5.97 Å². The van der Waals surface area contributed by atoms with Crippen molar-refractivity contribution < 1.29 is 13.9 Å². The van der Waals surface area contributed by atoms with Crippen molar-refractivity contribution in [1.82, 2.24) is 0 Å². The van der Waals surface area contributed by atoms with E-state index < -0.39 is 11.6 Å². The van der Waals surface area contributed by atoms with Gasteiger partial charge in [-0.15, -0.1) is 0 Å². The van der Waals surface area contributed by atoms with Crippen LogP contribution in [0.15, 0.2) is 16.7 Å². The molecule has 1 rings (SSSR count). The van der Waals surface area contributed by atoms with Gasteiger partial charge in [-0.3, -0.25) is 0 Å². The molecule has 0 aromatic carbocycles. The summed E-state index contributed by atoms with van der Waals surface area (Å²) >= 11 is 5.50. The quantitative estimate of drug-likeness (QED) is 0.658. The number of esters is 1. The third-order valence-corrected chi connectivity index (χ3v) is 1.40. The number of hydrogen-bond donors (Lipinski definition) is 0. The van der Waals surface area contributed by atoms with Crippen LogP contribution < -0.4 is 0 Å². The molecule has 13 heavy (non-hydrogen) atoms. The molecular formula is C9H11ClO3. The molecule has 0 bridgehead atoms. The molecule has 0 unspecified atom stereocenters. The maximum atomic E-state index is 11.3. The molecule has 0 aliphatic rings. The highest BCUT2D eigenvalue weighted by atomic mass is 35.5. The second-order valence-corrected chi connectivity index (χ2v) is 4.01. The Kier molecular flexibility index (Phi) is 2.66. The van der Waals surface area contributed by atoms with Crippen LogP contribution in [0.2, 0.25) is 5.22 Å². The Bertz CT molecular complexity index is 309. The monoisotopic (exact) mass is 202 g/mol. The number of halogens is 1. The van der Waals surface area contributed by atoms with Crippen LogP contribution in [0, 0.1) is 0 Å². The number of rotatable bonds is 1. The second kappa shape index (κ2) is 3.42. The molecule has 0 atom stereocenters. The van der Waals surface area contributed by atoms with E-state index >= 15 is 0 Å². The molecule has 3 nitrogen and oxygen atoms in total. The van der Waals surface area contributed by atoms with E-state index in [4.69, 9.17) is 20.8 Å². The molecule has 0 saturated carbocycles. The van der Waals surface area contributed by atoms with Crippen molar-refractivity contribution in [2.45, 2.75) is 26.4 Å². The van der Waals surface area contributed by atoms with Crippen LogP contribution in [-0.4, -0.2) is 11.6 Å². The largest absolute Gasteiger partial charge is 0.456 e. The van der Waals surface area contributed by atoms with Gasteiger partial charge in [0.15, 0.2) is 5.22 Å². The molecule has 0 saturated heterocycles. The summed E-state index contributed by atoms with van der Waals surface area (Å²) < 4.78 is 9.84. The Labute approximate surface area is 81.6 Å². The van der Waals surface area contributed by atoms with E-state index in [1.165, 1.54) is 12.3 Å². The Morgan fingerprint density at radius 1 is 1.54 bits per heavy atom. The lowest BCUT2D eigenvalue weighted by molar-refractivity contribution is 0.00689. The molecule has 0 radical (unpaired) electrons. The fourth-order valence-electron chi connectivity index (χ4n) is 0.754. The summed E-state index contributed by atoms with van der Waals surface area (Å²) in [7, 11) is 0. The molecule has 1 aromatic rings. The fourth-order valence-corrected chi connectivity index (χ4v) is 0.916. The zero-order chi connectivity index (χ0) is 10.1. The predicted octanol–water partition coefficient (Wildman–Crippen LogP) is 2.89. The summed E-state index contributed by atoms with van der Waals surface area (Å²) in [6, 6.07) is 1.43. The van der Waals surface area contributed by atoms with E-state index in [2.05, 4.69) is 0 Å². The molecule has 0 aliphatic heterocycles. The van der Waals surface area contributed by atoms with Crippen molar-refractivity contribution in [2.75, 3.05) is 0 Å². The lowest BCUT2D eigenvalue weighted by Gasteiger charge is -2.18. The first-order chi connectivity index (χ1) is 5.88. The SMILES string of the molecule is CC(C)(C)OC(=O)c1coc(Cl)c1. The fraction of sp³-hybridized carbons (Fsp3) is 0.444. The van der Waals surface area contributed by atoms with Gasteiger partial charge in [-0.2, -0.15) is 0 Å². The second-order valence-electron chi connectivity index (χ2n) is 3.64. The molecule has 0 amide bonds. The van der Waals surface area contributed by atoms with Gasteiger partial charge in [0.2, 0.25) is 0 Å². The normalized spacial score (nSPS) is 11.4. The lowest BCUT2D eigenvalue weighted by atomic mass is 10.2. The minimum Gasteiger partial charge on any atom is -0.456 e. The summed E-state index contributed by atoms with van der Waals surface area (Å²) in [5.74, 6) is -0.428. The molecule has 1 aromatic heterocycles. The highest BCUT2D eigenvalue weighted by molar-refractivity contribution is 6.29. The van der Waals surface area contributed by atoms with Crippen LogP contribution in [0.3, 0.4) is 0 Å². The van der Waals surface area contributed by atoms with Gasteiger partial charge < -0.3 is 9.15 Å². The standard InChI is InChI=1S/C9H11ClO3/c1-9(2,3)13-8(11)6-4-7(10)12-5-6/h4-5H,1-3H3. The van der Waals surface area contributed by atoms with E-state index in [-0.39, 0.29) is 5.22 Å². The van der Waals surface area contributed by atoms with Gasteiger partial charge in [0.25, 0.3) is 0 Å². The van der Waals surface area contributed by atoms with Crippen LogP contribution in [0.1, 0.15) is 31.1 Å². The van der Waals surface area contributed by atoms with Gasteiger partial charge in [-0.1, -0.05) is 0 Å². The average molecular weight is 203 g/mol. The molecule has 4 heteroatoms. The number of hydrogen-bond acceptors (Lipinski definition) is 3. The summed E-state index contributed by atoms with van der Waals surface area (Å²) in [5.41, 5.74) is -0.166. The minimum absolute atomic E-state index is 0.181. The first-order valence-electron chi connectivity index (χ1n) is 3.86. The van der Waals surface area contributed by atoms with Crippen molar-refractivity contribution in [2.24, 2.45) is 0 Å². The van der Waals surface area contributed by atoms with Crippen LogP contribution in [0.5, 0.6) is 0 Å². The summed E-state index contributed by atoms with van der Waals surface area (Å²) in [6.07, 6.45) is 1.27. The van der Waals surface area contributed by atoms with Gasteiger partial charge in [0, 0.05) is 6.07 Å². The molecule has 1 heterocycles. The third kappa shape index (κ3) is 3.11. The van der Waals surface area contributed by atoms with E-state index in [0.717, 1.165) is 0 Å². The summed E-state index contributed by atoms with van der Waals surface area (Å²) in [6.45, 7) is 5.39. The number of carbonyl (C=O) groups is 1. The topological polar surface area (TPSA) is 39.4 Å². The van der Waals surface area contributed by atoms with Gasteiger partial charge in [-0.25, -0.2) is 4.79 Å². The van der Waals surface area contributed by atoms with E-state index in [0.29, 0.717) is 5.56 Å². The van der Waals surface area contributed by atoms with Crippen molar-refractivity contribution >= 4 is 17.6 Å². The van der Waals surface area contributed by atoms with E-state index in [1.807, 2.05) is 0 Å². The average Bonchev–Trinajstić information content (AvgIpc) is 2.31. The van der Waals surface area contributed by atoms with E-state index in [9.17, 15) is 4.79 Å². The zero-order valence-corrected chi connectivity index (χ0v) is 8.51. The Morgan fingerprint density at radius 3 is 2.54 bits per heavy atom. The number of furan rings is 1. The van der Waals surface area contributed by atoms with Crippen molar-refractivity contribution in [3.05, 3.63) is 23.1 Å². The molecule has 0 aliphatic carbocycles. The van der Waals surface area contributed by atoms with Crippen LogP contribution in [0.4, 0.5) is 0 Å². The number of ether oxygens (including phenoxy) is 1. The Balaban J connectivity index is 2.70. The maximum Gasteiger partial charge on any atom is 0.341 e. The van der Waals surface area contributed by atoms with Crippen LogP contribution >= 0.6 is 11.6 Å². The summed E-state index contributed by atoms with van der Waals surface area (Å²) in [4.78, 5) is 11.3. The number of carbonyl (C=O) groups excluding carboxylic acids is 1.